The highest BCUT2D eigenvalue weighted by atomic mass is 16.5. The van der Waals surface area contributed by atoms with Crippen LogP contribution in [0.5, 0.6) is 11.5 Å². The normalized spacial score (nSPS) is 11.8. The van der Waals surface area contributed by atoms with Crippen molar-refractivity contribution >= 4 is 22.8 Å². The molecule has 9 nitrogen and oxygen atoms in total. The lowest BCUT2D eigenvalue weighted by Crippen LogP contribution is -2.45. The van der Waals surface area contributed by atoms with E-state index in [1.54, 1.807) is 29.9 Å². The van der Waals surface area contributed by atoms with E-state index in [4.69, 9.17) is 9.47 Å². The summed E-state index contributed by atoms with van der Waals surface area (Å²) in [4.78, 5) is 29.4. The first-order chi connectivity index (χ1) is 18.9. The number of amides is 2. The molecule has 2 amide bonds. The Bertz CT molecular complexity index is 1400. The van der Waals surface area contributed by atoms with Crippen LogP contribution in [-0.2, 0) is 22.7 Å². The van der Waals surface area contributed by atoms with Gasteiger partial charge in [0.1, 0.15) is 29.6 Å². The maximum atomic E-state index is 14.0. The number of nitrogens with zero attached hydrogens (tertiary/aromatic N) is 4. The first kappa shape index (κ1) is 27.6. The summed E-state index contributed by atoms with van der Waals surface area (Å²) in [7, 11) is 3.18. The third-order valence-electron chi connectivity index (χ3n) is 6.53. The summed E-state index contributed by atoms with van der Waals surface area (Å²) >= 11 is 0. The second kappa shape index (κ2) is 12.9. The minimum absolute atomic E-state index is 0.0730. The lowest BCUT2D eigenvalue weighted by Gasteiger charge is -2.32. The molecule has 3 aromatic carbocycles. The second-order valence-corrected chi connectivity index (χ2v) is 9.76. The fourth-order valence-corrected chi connectivity index (χ4v) is 4.37. The van der Waals surface area contributed by atoms with E-state index in [1.165, 1.54) is 0 Å². The zero-order chi connectivity index (χ0) is 27.8. The largest absolute Gasteiger partial charge is 0.497 e. The Kier molecular flexibility index (Phi) is 9.14. The number of carbonyl (C=O) groups excluding carboxylic acids is 2. The van der Waals surface area contributed by atoms with Crippen LogP contribution in [0, 0.1) is 5.92 Å². The highest BCUT2D eigenvalue weighted by Crippen LogP contribution is 2.28. The van der Waals surface area contributed by atoms with E-state index in [9.17, 15) is 9.59 Å². The van der Waals surface area contributed by atoms with E-state index < -0.39 is 6.04 Å². The highest BCUT2D eigenvalue weighted by Gasteiger charge is 2.32. The Labute approximate surface area is 228 Å². The molecule has 1 atom stereocenters. The van der Waals surface area contributed by atoms with Crippen molar-refractivity contribution < 1.29 is 19.1 Å². The first-order valence-electron chi connectivity index (χ1n) is 13.0. The Morgan fingerprint density at radius 3 is 2.41 bits per heavy atom. The van der Waals surface area contributed by atoms with Crippen molar-refractivity contribution in [2.75, 3.05) is 20.8 Å². The Morgan fingerprint density at radius 1 is 0.949 bits per heavy atom. The van der Waals surface area contributed by atoms with Crippen LogP contribution in [0.15, 0.2) is 72.8 Å². The van der Waals surface area contributed by atoms with Gasteiger partial charge in [-0.3, -0.25) is 9.59 Å². The number of carbonyl (C=O) groups is 2. The molecule has 39 heavy (non-hydrogen) atoms. The van der Waals surface area contributed by atoms with Gasteiger partial charge in [0.05, 0.1) is 19.7 Å². The predicted octanol–water partition coefficient (Wildman–Crippen LogP) is 4.38. The lowest BCUT2D eigenvalue weighted by molar-refractivity contribution is -0.142. The van der Waals surface area contributed by atoms with Gasteiger partial charge >= 0.3 is 0 Å². The van der Waals surface area contributed by atoms with Gasteiger partial charge in [-0.2, -0.15) is 0 Å². The molecule has 1 aromatic heterocycles. The number of rotatable bonds is 12. The molecule has 0 aliphatic heterocycles. The number of para-hydroxylation sites is 1. The van der Waals surface area contributed by atoms with Crippen LogP contribution in [0.25, 0.3) is 11.0 Å². The van der Waals surface area contributed by atoms with Crippen LogP contribution in [0.3, 0.4) is 0 Å². The third-order valence-corrected chi connectivity index (χ3v) is 6.53. The summed E-state index contributed by atoms with van der Waals surface area (Å²) in [6.45, 7) is 4.85. The van der Waals surface area contributed by atoms with Gasteiger partial charge in [-0.15, -0.1) is 5.10 Å². The summed E-state index contributed by atoms with van der Waals surface area (Å²) in [6.07, 6.45) is 0.827. The van der Waals surface area contributed by atoms with Crippen LogP contribution in [0.2, 0.25) is 0 Å². The number of hydrogen-bond acceptors (Lipinski definition) is 6. The van der Waals surface area contributed by atoms with E-state index in [0.717, 1.165) is 17.5 Å². The van der Waals surface area contributed by atoms with Crippen molar-refractivity contribution in [3.8, 4) is 11.5 Å². The van der Waals surface area contributed by atoms with E-state index in [1.807, 2.05) is 66.7 Å². The standard InChI is InChI=1S/C30H35N5O4/c1-21(2)16-17-31-30(37)29(23-8-7-9-25(18-23)39-4)34(19-22-12-14-24(38-3)15-13-22)28(36)20-35-27-11-6-5-10-26(27)32-33-35/h5-15,18,21,29H,16-17,19-20H2,1-4H3,(H,31,37)/t29-/m0/s1. The zero-order valence-electron chi connectivity index (χ0n) is 22.8. The minimum Gasteiger partial charge on any atom is -0.497 e. The molecule has 204 valence electrons. The van der Waals surface area contributed by atoms with Crippen molar-refractivity contribution in [2.24, 2.45) is 5.92 Å². The summed E-state index contributed by atoms with van der Waals surface area (Å²) < 4.78 is 12.3. The lowest BCUT2D eigenvalue weighted by atomic mass is 10.0. The molecule has 0 bridgehead atoms. The van der Waals surface area contributed by atoms with Crippen molar-refractivity contribution in [3.05, 3.63) is 83.9 Å². The molecule has 0 unspecified atom stereocenters. The Morgan fingerprint density at radius 2 is 1.69 bits per heavy atom. The van der Waals surface area contributed by atoms with Crippen LogP contribution in [0.4, 0.5) is 0 Å². The van der Waals surface area contributed by atoms with E-state index in [0.29, 0.717) is 35.0 Å². The number of ether oxygens (including phenoxy) is 2. The minimum atomic E-state index is -0.892. The van der Waals surface area contributed by atoms with E-state index in [2.05, 4.69) is 29.5 Å². The summed E-state index contributed by atoms with van der Waals surface area (Å²) in [6, 6.07) is 21.3. The first-order valence-corrected chi connectivity index (χ1v) is 13.0. The van der Waals surface area contributed by atoms with Crippen molar-refractivity contribution in [2.45, 2.75) is 39.4 Å². The quantitative estimate of drug-likeness (QED) is 0.292. The molecule has 9 heteroatoms. The molecule has 4 aromatic rings. The predicted molar refractivity (Wildman–Crippen MR) is 149 cm³/mol. The number of methoxy groups -OCH3 is 2. The van der Waals surface area contributed by atoms with Crippen LogP contribution in [0.1, 0.15) is 37.4 Å². The van der Waals surface area contributed by atoms with Gasteiger partial charge in [-0.1, -0.05) is 55.5 Å². The average molecular weight is 530 g/mol. The zero-order valence-corrected chi connectivity index (χ0v) is 22.8. The van der Waals surface area contributed by atoms with Crippen molar-refractivity contribution in [1.29, 1.82) is 0 Å². The monoisotopic (exact) mass is 529 g/mol. The maximum Gasteiger partial charge on any atom is 0.247 e. The molecular formula is C30H35N5O4. The number of hydrogen-bond donors (Lipinski definition) is 1. The topological polar surface area (TPSA) is 98.6 Å². The van der Waals surface area contributed by atoms with Gasteiger partial charge < -0.3 is 19.7 Å². The molecule has 1 N–H and O–H groups in total. The van der Waals surface area contributed by atoms with Crippen LogP contribution in [-0.4, -0.2) is 52.5 Å². The molecule has 0 aliphatic rings. The Balaban J connectivity index is 1.73. The third kappa shape index (κ3) is 6.93. The van der Waals surface area contributed by atoms with Crippen LogP contribution >= 0.6 is 0 Å². The molecule has 0 aliphatic carbocycles. The smallest absolute Gasteiger partial charge is 0.247 e. The summed E-state index contributed by atoms with van der Waals surface area (Å²) in [5.41, 5.74) is 2.95. The van der Waals surface area contributed by atoms with Gasteiger partial charge in [-0.25, -0.2) is 4.68 Å². The van der Waals surface area contributed by atoms with Crippen molar-refractivity contribution in [1.82, 2.24) is 25.2 Å². The number of fused-ring (bicyclic) bond motifs is 1. The number of benzene rings is 3. The van der Waals surface area contributed by atoms with E-state index >= 15 is 0 Å². The summed E-state index contributed by atoms with van der Waals surface area (Å²) in [5, 5.41) is 11.4. The maximum absolute atomic E-state index is 14.0. The summed E-state index contributed by atoms with van der Waals surface area (Å²) in [5.74, 6) is 1.22. The fraction of sp³-hybridized carbons (Fsp3) is 0.333. The van der Waals surface area contributed by atoms with Gasteiger partial charge in [0.25, 0.3) is 0 Å². The molecule has 4 rings (SSSR count). The van der Waals surface area contributed by atoms with Gasteiger partial charge in [-0.05, 0) is 59.9 Å². The van der Waals surface area contributed by atoms with Crippen molar-refractivity contribution in [3.63, 3.8) is 0 Å². The molecule has 1 heterocycles. The molecular weight excluding hydrogens is 494 g/mol. The molecule has 0 saturated carbocycles. The Hall–Kier alpha value is -4.40. The van der Waals surface area contributed by atoms with Crippen LogP contribution < -0.4 is 14.8 Å². The van der Waals surface area contributed by atoms with Gasteiger partial charge in [0.2, 0.25) is 11.8 Å². The average Bonchev–Trinajstić information content (AvgIpc) is 3.35. The fourth-order valence-electron chi connectivity index (χ4n) is 4.37. The SMILES string of the molecule is COc1ccc(CN(C(=O)Cn2nnc3ccccc32)[C@H](C(=O)NCCC(C)C)c2cccc(OC)c2)cc1. The molecule has 0 spiro atoms. The molecule has 0 fully saturated rings. The number of aromatic nitrogens is 3. The number of nitrogens with one attached hydrogen (secondary N) is 1. The van der Waals surface area contributed by atoms with Gasteiger partial charge in [0, 0.05) is 13.1 Å². The molecule has 0 radical (unpaired) electrons. The highest BCUT2D eigenvalue weighted by molar-refractivity contribution is 5.89. The molecule has 0 saturated heterocycles. The van der Waals surface area contributed by atoms with E-state index in [-0.39, 0.29) is 24.9 Å². The second-order valence-electron chi connectivity index (χ2n) is 9.76. The van der Waals surface area contributed by atoms with Gasteiger partial charge in [0.15, 0.2) is 0 Å².